The van der Waals surface area contributed by atoms with Crippen LogP contribution in [0.3, 0.4) is 0 Å². The molecule has 0 saturated carbocycles. The zero-order chi connectivity index (χ0) is 9.84. The molecular formula is C11H15NO. The Kier molecular flexibility index (Phi) is 3.07. The van der Waals surface area contributed by atoms with E-state index < -0.39 is 0 Å². The summed E-state index contributed by atoms with van der Waals surface area (Å²) in [5, 5.41) is 3.23. The lowest BCUT2D eigenvalue weighted by Gasteiger charge is -2.07. The van der Waals surface area contributed by atoms with Crippen LogP contribution in [0.5, 0.6) is 0 Å². The lowest BCUT2D eigenvalue weighted by atomic mass is 10.1. The lowest BCUT2D eigenvalue weighted by molar-refractivity contribution is 0.101. The zero-order valence-electron chi connectivity index (χ0n) is 8.35. The molecule has 0 aliphatic rings. The molecular weight excluding hydrogens is 162 g/mol. The van der Waals surface area contributed by atoms with Crippen molar-refractivity contribution in [1.82, 2.24) is 0 Å². The molecule has 0 fully saturated rings. The third-order valence-electron chi connectivity index (χ3n) is 2.00. The van der Waals surface area contributed by atoms with Gasteiger partial charge in [0.2, 0.25) is 0 Å². The minimum Gasteiger partial charge on any atom is -0.385 e. The van der Waals surface area contributed by atoms with Gasteiger partial charge < -0.3 is 5.32 Å². The minimum absolute atomic E-state index is 0.117. The molecule has 70 valence electrons. The average molecular weight is 177 g/mol. The van der Waals surface area contributed by atoms with Crippen LogP contribution in [-0.2, 0) is 0 Å². The molecule has 0 spiro atoms. The second-order valence-electron chi connectivity index (χ2n) is 3.12. The zero-order valence-corrected chi connectivity index (χ0v) is 8.35. The number of aryl methyl sites for hydroxylation is 1. The molecule has 1 aromatic rings. The lowest BCUT2D eigenvalue weighted by Crippen LogP contribution is -2.00. The van der Waals surface area contributed by atoms with Gasteiger partial charge in [-0.15, -0.1) is 0 Å². The molecule has 0 unspecified atom stereocenters. The van der Waals surface area contributed by atoms with Gasteiger partial charge in [0.15, 0.2) is 5.78 Å². The van der Waals surface area contributed by atoms with E-state index in [4.69, 9.17) is 0 Å². The number of hydrogen-bond donors (Lipinski definition) is 1. The van der Waals surface area contributed by atoms with Crippen LogP contribution in [0.2, 0.25) is 0 Å². The van der Waals surface area contributed by atoms with Crippen LogP contribution in [0.25, 0.3) is 0 Å². The topological polar surface area (TPSA) is 29.1 Å². The van der Waals surface area contributed by atoms with Crippen LogP contribution >= 0.6 is 0 Å². The monoisotopic (exact) mass is 177 g/mol. The summed E-state index contributed by atoms with van der Waals surface area (Å²) in [5.74, 6) is 0.117. The van der Waals surface area contributed by atoms with Gasteiger partial charge in [-0.3, -0.25) is 4.79 Å². The third kappa shape index (κ3) is 2.31. The Bertz CT molecular complexity index is 318. The smallest absolute Gasteiger partial charge is 0.159 e. The maximum Gasteiger partial charge on any atom is 0.159 e. The van der Waals surface area contributed by atoms with Gasteiger partial charge in [0.25, 0.3) is 0 Å². The summed E-state index contributed by atoms with van der Waals surface area (Å²) >= 11 is 0. The Morgan fingerprint density at radius 3 is 2.62 bits per heavy atom. The predicted octanol–water partition coefficient (Wildman–Crippen LogP) is 2.63. The maximum atomic E-state index is 11.0. The molecule has 0 saturated heterocycles. The summed E-state index contributed by atoms with van der Waals surface area (Å²) in [6, 6.07) is 5.73. The van der Waals surface area contributed by atoms with Crippen LogP contribution in [-0.4, -0.2) is 12.3 Å². The SMILES string of the molecule is CCNc1ccc(C(C)=O)cc1C. The Morgan fingerprint density at radius 1 is 1.46 bits per heavy atom. The van der Waals surface area contributed by atoms with Crippen molar-refractivity contribution < 1.29 is 4.79 Å². The molecule has 0 atom stereocenters. The van der Waals surface area contributed by atoms with Gasteiger partial charge in [-0.05, 0) is 44.5 Å². The summed E-state index contributed by atoms with van der Waals surface area (Å²) in [7, 11) is 0. The second kappa shape index (κ2) is 4.08. The van der Waals surface area contributed by atoms with Gasteiger partial charge in [-0.1, -0.05) is 0 Å². The van der Waals surface area contributed by atoms with Crippen LogP contribution in [0.1, 0.15) is 29.8 Å². The molecule has 0 aliphatic heterocycles. The third-order valence-corrected chi connectivity index (χ3v) is 2.00. The number of carbonyl (C=O) groups excluding carboxylic acids is 1. The Labute approximate surface area is 79.0 Å². The Hall–Kier alpha value is -1.31. The van der Waals surface area contributed by atoms with Gasteiger partial charge in [-0.25, -0.2) is 0 Å². The van der Waals surface area contributed by atoms with E-state index >= 15 is 0 Å². The van der Waals surface area contributed by atoms with Crippen molar-refractivity contribution in [1.29, 1.82) is 0 Å². The second-order valence-corrected chi connectivity index (χ2v) is 3.12. The van der Waals surface area contributed by atoms with E-state index in [0.717, 1.165) is 23.4 Å². The molecule has 0 bridgehead atoms. The fraction of sp³-hybridized carbons (Fsp3) is 0.364. The van der Waals surface area contributed by atoms with Crippen LogP contribution in [0.15, 0.2) is 18.2 Å². The average Bonchev–Trinajstić information content (AvgIpc) is 2.08. The maximum absolute atomic E-state index is 11.0. The highest BCUT2D eigenvalue weighted by molar-refractivity contribution is 5.94. The predicted molar refractivity (Wildman–Crippen MR) is 55.3 cm³/mol. The highest BCUT2D eigenvalue weighted by atomic mass is 16.1. The number of Topliss-reactive ketones (excluding diaryl/α,β-unsaturated/α-hetero) is 1. The van der Waals surface area contributed by atoms with E-state index in [-0.39, 0.29) is 5.78 Å². The number of benzene rings is 1. The van der Waals surface area contributed by atoms with Crippen molar-refractivity contribution in [2.45, 2.75) is 20.8 Å². The first-order valence-corrected chi connectivity index (χ1v) is 4.50. The van der Waals surface area contributed by atoms with Gasteiger partial charge in [0.05, 0.1) is 0 Å². The Balaban J connectivity index is 2.98. The highest BCUT2D eigenvalue weighted by Gasteiger charge is 2.01. The normalized spacial score (nSPS) is 9.77. The number of anilines is 1. The number of hydrogen-bond acceptors (Lipinski definition) is 2. The van der Waals surface area contributed by atoms with Gasteiger partial charge in [0.1, 0.15) is 0 Å². The molecule has 1 N–H and O–H groups in total. The van der Waals surface area contributed by atoms with Gasteiger partial charge in [-0.2, -0.15) is 0 Å². The van der Waals surface area contributed by atoms with E-state index in [9.17, 15) is 4.79 Å². The summed E-state index contributed by atoms with van der Waals surface area (Å²) in [5.41, 5.74) is 3.00. The molecule has 0 radical (unpaired) electrons. The molecule has 0 aliphatic carbocycles. The van der Waals surface area contributed by atoms with E-state index in [1.807, 2.05) is 25.1 Å². The summed E-state index contributed by atoms with van der Waals surface area (Å²) in [6.07, 6.45) is 0. The van der Waals surface area contributed by atoms with Crippen molar-refractivity contribution in [2.75, 3.05) is 11.9 Å². The molecule has 0 amide bonds. The first kappa shape index (κ1) is 9.78. The van der Waals surface area contributed by atoms with Crippen molar-refractivity contribution >= 4 is 11.5 Å². The van der Waals surface area contributed by atoms with Crippen molar-refractivity contribution in [3.63, 3.8) is 0 Å². The first-order chi connectivity index (χ1) is 6.15. The van der Waals surface area contributed by atoms with E-state index in [0.29, 0.717) is 0 Å². The molecule has 2 heteroatoms. The summed E-state index contributed by atoms with van der Waals surface area (Å²) in [4.78, 5) is 11.0. The molecule has 0 heterocycles. The molecule has 1 aromatic carbocycles. The number of rotatable bonds is 3. The van der Waals surface area contributed by atoms with Crippen molar-refractivity contribution in [3.8, 4) is 0 Å². The molecule has 13 heavy (non-hydrogen) atoms. The van der Waals surface area contributed by atoms with Gasteiger partial charge >= 0.3 is 0 Å². The highest BCUT2D eigenvalue weighted by Crippen LogP contribution is 2.16. The van der Waals surface area contributed by atoms with Crippen LogP contribution in [0, 0.1) is 6.92 Å². The minimum atomic E-state index is 0.117. The van der Waals surface area contributed by atoms with Crippen LogP contribution in [0.4, 0.5) is 5.69 Å². The standard InChI is InChI=1S/C11H15NO/c1-4-12-11-6-5-10(9(3)13)7-8(11)2/h5-7,12H,4H2,1-3H3. The van der Waals surface area contributed by atoms with Gasteiger partial charge in [0, 0.05) is 17.8 Å². The van der Waals surface area contributed by atoms with E-state index in [1.54, 1.807) is 6.92 Å². The fourth-order valence-corrected chi connectivity index (χ4v) is 1.27. The number of nitrogens with one attached hydrogen (secondary N) is 1. The van der Waals surface area contributed by atoms with Crippen molar-refractivity contribution in [2.24, 2.45) is 0 Å². The fourth-order valence-electron chi connectivity index (χ4n) is 1.27. The summed E-state index contributed by atoms with van der Waals surface area (Å²) < 4.78 is 0. The quantitative estimate of drug-likeness (QED) is 0.719. The molecule has 1 rings (SSSR count). The molecule has 0 aromatic heterocycles. The largest absolute Gasteiger partial charge is 0.385 e. The molecule has 2 nitrogen and oxygen atoms in total. The Morgan fingerprint density at radius 2 is 2.15 bits per heavy atom. The van der Waals surface area contributed by atoms with E-state index in [1.165, 1.54) is 0 Å². The number of carbonyl (C=O) groups is 1. The van der Waals surface area contributed by atoms with Crippen LogP contribution < -0.4 is 5.32 Å². The first-order valence-electron chi connectivity index (χ1n) is 4.50. The van der Waals surface area contributed by atoms with Crippen molar-refractivity contribution in [3.05, 3.63) is 29.3 Å². The summed E-state index contributed by atoms with van der Waals surface area (Å²) in [6.45, 7) is 6.55. The van der Waals surface area contributed by atoms with E-state index in [2.05, 4.69) is 12.2 Å². The number of ketones is 1.